The van der Waals surface area contributed by atoms with Gasteiger partial charge in [-0.2, -0.15) is 0 Å². The molecule has 0 unspecified atom stereocenters. The molecule has 0 radical (unpaired) electrons. The molecule has 84 valence electrons. The van der Waals surface area contributed by atoms with Crippen molar-refractivity contribution in [3.8, 4) is 0 Å². The summed E-state index contributed by atoms with van der Waals surface area (Å²) in [4.78, 5) is 2.17. The van der Waals surface area contributed by atoms with Crippen LogP contribution in [0.2, 0.25) is 0 Å². The molecule has 2 heteroatoms. The Morgan fingerprint density at radius 3 is 1.54 bits per heavy atom. The van der Waals surface area contributed by atoms with Crippen LogP contribution in [0.1, 0.15) is 48.0 Å². The monoisotopic (exact) mass is 191 g/mol. The zero-order chi connectivity index (χ0) is 11.1. The first-order valence-electron chi connectivity index (χ1n) is 5.66. The molecule has 0 atom stereocenters. The second-order valence-electron chi connectivity index (χ2n) is 1.97. The van der Waals surface area contributed by atoms with E-state index >= 15 is 0 Å². The van der Waals surface area contributed by atoms with E-state index in [-0.39, 0.29) is 0 Å². The Bertz CT molecular complexity index is 52.1. The first-order valence-corrected chi connectivity index (χ1v) is 5.66. The SMILES string of the molecule is CC.CC.CC.CN1CCCOC1. The number of rotatable bonds is 0. The maximum Gasteiger partial charge on any atom is 0.0987 e. The van der Waals surface area contributed by atoms with Gasteiger partial charge in [-0.1, -0.05) is 41.5 Å². The van der Waals surface area contributed by atoms with E-state index < -0.39 is 0 Å². The molecule has 0 bridgehead atoms. The van der Waals surface area contributed by atoms with Crippen LogP contribution in [0.15, 0.2) is 0 Å². The van der Waals surface area contributed by atoms with Crippen molar-refractivity contribution in [1.82, 2.24) is 4.90 Å². The summed E-state index contributed by atoms with van der Waals surface area (Å²) < 4.78 is 5.11. The molecule has 1 aliphatic heterocycles. The van der Waals surface area contributed by atoms with Crippen molar-refractivity contribution in [3.63, 3.8) is 0 Å². The molecule has 0 aliphatic carbocycles. The molecular formula is C11H29NO. The third-order valence-corrected chi connectivity index (χ3v) is 1.14. The Balaban J connectivity index is -0.000000144. The van der Waals surface area contributed by atoms with Gasteiger partial charge in [0, 0.05) is 13.2 Å². The van der Waals surface area contributed by atoms with Gasteiger partial charge in [0.25, 0.3) is 0 Å². The maximum atomic E-state index is 5.11. The van der Waals surface area contributed by atoms with Gasteiger partial charge in [-0.05, 0) is 13.5 Å². The van der Waals surface area contributed by atoms with E-state index in [1.165, 1.54) is 13.0 Å². The van der Waals surface area contributed by atoms with Crippen molar-refractivity contribution >= 4 is 0 Å². The minimum Gasteiger partial charge on any atom is -0.366 e. The summed E-state index contributed by atoms with van der Waals surface area (Å²) >= 11 is 0. The van der Waals surface area contributed by atoms with Crippen LogP contribution >= 0.6 is 0 Å². The molecule has 0 N–H and O–H groups in total. The fourth-order valence-corrected chi connectivity index (χ4v) is 0.721. The van der Waals surface area contributed by atoms with Crippen LogP contribution in [0.25, 0.3) is 0 Å². The average molecular weight is 191 g/mol. The summed E-state index contributed by atoms with van der Waals surface area (Å²) in [6, 6.07) is 0. The summed E-state index contributed by atoms with van der Waals surface area (Å²) in [5.74, 6) is 0. The lowest BCUT2D eigenvalue weighted by Crippen LogP contribution is -2.28. The predicted molar refractivity (Wildman–Crippen MR) is 62.1 cm³/mol. The fourth-order valence-electron chi connectivity index (χ4n) is 0.721. The van der Waals surface area contributed by atoms with Crippen molar-refractivity contribution in [2.45, 2.75) is 48.0 Å². The van der Waals surface area contributed by atoms with E-state index in [0.29, 0.717) is 0 Å². The van der Waals surface area contributed by atoms with Gasteiger partial charge in [0.2, 0.25) is 0 Å². The smallest absolute Gasteiger partial charge is 0.0987 e. The minimum atomic E-state index is 0.819. The molecule has 2 nitrogen and oxygen atoms in total. The average Bonchev–Trinajstić information content (AvgIpc) is 2.28. The highest BCUT2D eigenvalue weighted by atomic mass is 16.5. The second-order valence-corrected chi connectivity index (χ2v) is 1.97. The second kappa shape index (κ2) is 22.7. The number of nitrogens with zero attached hydrogens (tertiary/aromatic N) is 1. The number of hydrogen-bond acceptors (Lipinski definition) is 2. The maximum absolute atomic E-state index is 5.11. The van der Waals surface area contributed by atoms with Gasteiger partial charge in [0.15, 0.2) is 0 Å². The van der Waals surface area contributed by atoms with E-state index in [1.54, 1.807) is 0 Å². The van der Waals surface area contributed by atoms with Crippen molar-refractivity contribution in [2.24, 2.45) is 0 Å². The van der Waals surface area contributed by atoms with Crippen LogP contribution in [0.5, 0.6) is 0 Å². The summed E-state index contributed by atoms with van der Waals surface area (Å²) in [7, 11) is 2.07. The van der Waals surface area contributed by atoms with Crippen LogP contribution in [0.3, 0.4) is 0 Å². The van der Waals surface area contributed by atoms with Gasteiger partial charge < -0.3 is 4.74 Å². The van der Waals surface area contributed by atoms with Gasteiger partial charge in [0.05, 0.1) is 6.73 Å². The molecule has 13 heavy (non-hydrogen) atoms. The molecule has 1 rings (SSSR count). The Kier molecular flexibility index (Phi) is 32.5. The first-order chi connectivity index (χ1) is 6.39. The van der Waals surface area contributed by atoms with E-state index in [0.717, 1.165) is 13.3 Å². The van der Waals surface area contributed by atoms with Crippen LogP contribution in [-0.2, 0) is 4.74 Å². The molecule has 0 spiro atoms. The molecule has 0 aromatic rings. The molecule has 1 heterocycles. The molecule has 1 saturated heterocycles. The van der Waals surface area contributed by atoms with E-state index in [4.69, 9.17) is 4.74 Å². The summed E-state index contributed by atoms with van der Waals surface area (Å²) in [5, 5.41) is 0. The van der Waals surface area contributed by atoms with Crippen molar-refractivity contribution < 1.29 is 4.74 Å². The van der Waals surface area contributed by atoms with Gasteiger partial charge >= 0.3 is 0 Å². The van der Waals surface area contributed by atoms with Crippen molar-refractivity contribution in [3.05, 3.63) is 0 Å². The third-order valence-electron chi connectivity index (χ3n) is 1.14. The van der Waals surface area contributed by atoms with Gasteiger partial charge in [-0.3, -0.25) is 4.90 Å². The summed E-state index contributed by atoms with van der Waals surface area (Å²) in [6.45, 7) is 15.0. The molecule has 0 aromatic carbocycles. The predicted octanol–water partition coefficient (Wildman–Crippen LogP) is 3.37. The largest absolute Gasteiger partial charge is 0.366 e. The van der Waals surface area contributed by atoms with Gasteiger partial charge in [-0.15, -0.1) is 0 Å². The molecule has 1 aliphatic rings. The lowest BCUT2D eigenvalue weighted by atomic mass is 10.4. The molecule has 0 saturated carbocycles. The minimum absolute atomic E-state index is 0.819. The molecule has 0 aromatic heterocycles. The number of hydrogen-bond donors (Lipinski definition) is 0. The molecule has 1 fully saturated rings. The zero-order valence-electron chi connectivity index (χ0n) is 10.7. The van der Waals surface area contributed by atoms with Crippen LogP contribution in [0, 0.1) is 0 Å². The topological polar surface area (TPSA) is 12.5 Å². The van der Waals surface area contributed by atoms with Crippen molar-refractivity contribution in [2.75, 3.05) is 26.9 Å². The summed E-state index contributed by atoms with van der Waals surface area (Å²) in [6.07, 6.45) is 1.19. The number of ether oxygens (including phenoxy) is 1. The van der Waals surface area contributed by atoms with E-state index in [1.807, 2.05) is 41.5 Å². The Hall–Kier alpha value is -0.0800. The van der Waals surface area contributed by atoms with Crippen LogP contribution in [0.4, 0.5) is 0 Å². The zero-order valence-corrected chi connectivity index (χ0v) is 10.7. The Morgan fingerprint density at radius 2 is 1.38 bits per heavy atom. The standard InChI is InChI=1S/C5H11NO.3C2H6/c1-6-3-2-4-7-5-6;3*1-2/h2-5H2,1H3;3*1-2H3. The highest BCUT2D eigenvalue weighted by Crippen LogP contribution is 1.95. The van der Waals surface area contributed by atoms with E-state index in [2.05, 4.69) is 11.9 Å². The summed E-state index contributed by atoms with van der Waals surface area (Å²) in [5.41, 5.74) is 0. The van der Waals surface area contributed by atoms with Crippen molar-refractivity contribution in [1.29, 1.82) is 0 Å². The molecule has 0 amide bonds. The lowest BCUT2D eigenvalue weighted by molar-refractivity contribution is 0.00119. The van der Waals surface area contributed by atoms with Gasteiger partial charge in [0.1, 0.15) is 0 Å². The first kappa shape index (κ1) is 18.7. The highest BCUT2D eigenvalue weighted by molar-refractivity contribution is 4.49. The lowest BCUT2D eigenvalue weighted by Gasteiger charge is -2.21. The van der Waals surface area contributed by atoms with Crippen LogP contribution < -0.4 is 0 Å². The quantitative estimate of drug-likeness (QED) is 0.582. The van der Waals surface area contributed by atoms with E-state index in [9.17, 15) is 0 Å². The molecular weight excluding hydrogens is 162 g/mol. The van der Waals surface area contributed by atoms with Crippen LogP contribution in [-0.4, -0.2) is 31.8 Å². The van der Waals surface area contributed by atoms with Gasteiger partial charge in [-0.25, -0.2) is 0 Å². The third kappa shape index (κ3) is 18.7. The Morgan fingerprint density at radius 1 is 0.923 bits per heavy atom. The fraction of sp³-hybridized carbons (Fsp3) is 1.00. The highest BCUT2D eigenvalue weighted by Gasteiger charge is 2.02. The Labute approximate surface area is 85.3 Å². The normalized spacial score (nSPS) is 15.0.